The first-order valence-corrected chi connectivity index (χ1v) is 10.1. The molecular weight excluding hydrogens is 369 g/mol. The summed E-state index contributed by atoms with van der Waals surface area (Å²) in [5.41, 5.74) is 2.70. The van der Waals surface area contributed by atoms with Crippen molar-refractivity contribution in [2.75, 3.05) is 38.2 Å². The number of hydrogen-bond donors (Lipinski definition) is 1. The van der Waals surface area contributed by atoms with Crippen molar-refractivity contribution < 1.29 is 13.9 Å². The number of amides is 1. The van der Waals surface area contributed by atoms with Gasteiger partial charge in [-0.05, 0) is 60.9 Å². The summed E-state index contributed by atoms with van der Waals surface area (Å²) in [6.45, 7) is 2.89. The molecule has 0 radical (unpaired) electrons. The van der Waals surface area contributed by atoms with Crippen LogP contribution in [0.15, 0.2) is 48.7 Å². The molecule has 1 aliphatic carbocycles. The van der Waals surface area contributed by atoms with Gasteiger partial charge in [-0.2, -0.15) is 0 Å². The van der Waals surface area contributed by atoms with Crippen molar-refractivity contribution in [3.63, 3.8) is 0 Å². The molecule has 29 heavy (non-hydrogen) atoms. The van der Waals surface area contributed by atoms with Gasteiger partial charge in [0, 0.05) is 49.0 Å². The van der Waals surface area contributed by atoms with Crippen LogP contribution >= 0.6 is 0 Å². The molecule has 5 rings (SSSR count). The minimum absolute atomic E-state index is 0.222. The highest BCUT2D eigenvalue weighted by atomic mass is 19.1. The molecule has 3 aromatic rings. The van der Waals surface area contributed by atoms with E-state index in [1.165, 1.54) is 12.1 Å². The zero-order valence-electron chi connectivity index (χ0n) is 16.5. The van der Waals surface area contributed by atoms with Crippen LogP contribution in [0.1, 0.15) is 18.4 Å². The Morgan fingerprint density at radius 3 is 2.45 bits per heavy atom. The fourth-order valence-corrected chi connectivity index (χ4v) is 4.47. The number of H-pyrrole nitrogens is 1. The average Bonchev–Trinajstić information content (AvgIpc) is 3.46. The minimum atomic E-state index is -0.414. The van der Waals surface area contributed by atoms with Gasteiger partial charge in [0.05, 0.1) is 12.5 Å². The molecule has 1 amide bonds. The van der Waals surface area contributed by atoms with Crippen molar-refractivity contribution >= 4 is 22.5 Å². The first-order valence-electron chi connectivity index (χ1n) is 10.1. The number of anilines is 1. The number of hydrogen-bond acceptors (Lipinski definition) is 3. The number of rotatable bonds is 4. The number of aromatic amines is 1. The maximum absolute atomic E-state index is 13.5. The van der Waals surface area contributed by atoms with Crippen molar-refractivity contribution in [3.05, 3.63) is 60.0 Å². The Kier molecular flexibility index (Phi) is 4.23. The van der Waals surface area contributed by atoms with Gasteiger partial charge >= 0.3 is 0 Å². The van der Waals surface area contributed by atoms with E-state index in [9.17, 15) is 9.18 Å². The van der Waals surface area contributed by atoms with Crippen molar-refractivity contribution in [2.24, 2.45) is 0 Å². The first-order chi connectivity index (χ1) is 14.1. The molecule has 2 aromatic carbocycles. The molecule has 1 aliphatic heterocycles. The Morgan fingerprint density at radius 1 is 1.07 bits per heavy atom. The van der Waals surface area contributed by atoms with Gasteiger partial charge in [-0.25, -0.2) is 4.39 Å². The lowest BCUT2D eigenvalue weighted by molar-refractivity contribution is -0.134. The molecule has 1 saturated carbocycles. The van der Waals surface area contributed by atoms with E-state index in [1.54, 1.807) is 19.2 Å². The molecule has 0 atom stereocenters. The molecule has 150 valence electrons. The standard InChI is InChI=1S/C23H24FN3O2/c1-29-18-6-7-21-19(14-18)20(15-25-21)23(8-9-23)22(28)27-12-10-26(11-13-27)17-4-2-16(24)3-5-17/h2-7,14-15,25H,8-13H2,1H3. The van der Waals surface area contributed by atoms with Crippen molar-refractivity contribution in [1.82, 2.24) is 9.88 Å². The highest BCUT2D eigenvalue weighted by Gasteiger charge is 2.54. The number of carbonyl (C=O) groups excluding carboxylic acids is 1. The Bertz CT molecular complexity index is 1050. The number of piperazine rings is 1. The van der Waals surface area contributed by atoms with Gasteiger partial charge in [-0.3, -0.25) is 4.79 Å². The molecule has 5 nitrogen and oxygen atoms in total. The molecule has 0 bridgehead atoms. The minimum Gasteiger partial charge on any atom is -0.497 e. The lowest BCUT2D eigenvalue weighted by atomic mass is 9.93. The molecule has 2 fully saturated rings. The second-order valence-electron chi connectivity index (χ2n) is 7.95. The molecule has 0 spiro atoms. The number of nitrogens with zero attached hydrogens (tertiary/aromatic N) is 2. The van der Waals surface area contributed by atoms with Gasteiger partial charge in [-0.15, -0.1) is 0 Å². The van der Waals surface area contributed by atoms with Crippen LogP contribution in [0.4, 0.5) is 10.1 Å². The summed E-state index contributed by atoms with van der Waals surface area (Å²) in [5, 5.41) is 1.07. The van der Waals surface area contributed by atoms with Crippen molar-refractivity contribution in [2.45, 2.75) is 18.3 Å². The molecule has 1 aromatic heterocycles. The predicted octanol–water partition coefficient (Wildman–Crippen LogP) is 3.70. The van der Waals surface area contributed by atoms with E-state index in [0.717, 1.165) is 53.8 Å². The molecule has 0 unspecified atom stereocenters. The van der Waals surface area contributed by atoms with Crippen LogP contribution in [0.5, 0.6) is 5.75 Å². The fraction of sp³-hybridized carbons (Fsp3) is 0.348. The van der Waals surface area contributed by atoms with E-state index in [1.807, 2.05) is 29.3 Å². The van der Waals surface area contributed by atoms with Crippen LogP contribution in [0, 0.1) is 5.82 Å². The summed E-state index contributed by atoms with van der Waals surface area (Å²) in [4.78, 5) is 21.0. The van der Waals surface area contributed by atoms with Crippen LogP contribution < -0.4 is 9.64 Å². The number of ether oxygens (including phenoxy) is 1. The summed E-state index contributed by atoms with van der Waals surface area (Å²) in [6, 6.07) is 12.5. The molecule has 1 N–H and O–H groups in total. The van der Waals surface area contributed by atoms with Crippen LogP contribution in [-0.4, -0.2) is 49.1 Å². The van der Waals surface area contributed by atoms with Crippen LogP contribution in [0.2, 0.25) is 0 Å². The third kappa shape index (κ3) is 3.03. The zero-order valence-corrected chi connectivity index (χ0v) is 16.5. The predicted molar refractivity (Wildman–Crippen MR) is 111 cm³/mol. The van der Waals surface area contributed by atoms with E-state index in [0.29, 0.717) is 13.1 Å². The maximum Gasteiger partial charge on any atom is 0.233 e. The van der Waals surface area contributed by atoms with E-state index < -0.39 is 5.41 Å². The number of carbonyl (C=O) groups is 1. The monoisotopic (exact) mass is 393 g/mol. The van der Waals surface area contributed by atoms with Gasteiger partial charge in [0.15, 0.2) is 0 Å². The Labute approximate surface area is 169 Å². The van der Waals surface area contributed by atoms with Crippen LogP contribution in [0.3, 0.4) is 0 Å². The van der Waals surface area contributed by atoms with E-state index >= 15 is 0 Å². The second kappa shape index (κ2) is 6.79. The molecule has 2 heterocycles. The number of methoxy groups -OCH3 is 1. The van der Waals surface area contributed by atoms with Gasteiger partial charge in [0.2, 0.25) is 5.91 Å². The number of fused-ring (bicyclic) bond motifs is 1. The van der Waals surface area contributed by atoms with Gasteiger partial charge < -0.3 is 19.5 Å². The summed E-state index contributed by atoms with van der Waals surface area (Å²) in [7, 11) is 1.66. The summed E-state index contributed by atoms with van der Waals surface area (Å²) < 4.78 is 18.6. The summed E-state index contributed by atoms with van der Waals surface area (Å²) >= 11 is 0. The third-order valence-electron chi connectivity index (χ3n) is 6.32. The average molecular weight is 393 g/mol. The fourth-order valence-electron chi connectivity index (χ4n) is 4.47. The Balaban J connectivity index is 1.34. The van der Waals surface area contributed by atoms with E-state index in [2.05, 4.69) is 9.88 Å². The lowest BCUT2D eigenvalue weighted by Gasteiger charge is -2.37. The maximum atomic E-state index is 13.5. The lowest BCUT2D eigenvalue weighted by Crippen LogP contribution is -2.51. The van der Waals surface area contributed by atoms with Crippen LogP contribution in [0.25, 0.3) is 10.9 Å². The van der Waals surface area contributed by atoms with E-state index in [-0.39, 0.29) is 11.7 Å². The number of benzene rings is 2. The van der Waals surface area contributed by atoms with Crippen molar-refractivity contribution in [1.29, 1.82) is 0 Å². The highest BCUT2D eigenvalue weighted by Crippen LogP contribution is 2.52. The van der Waals surface area contributed by atoms with Gasteiger partial charge in [0.1, 0.15) is 11.6 Å². The third-order valence-corrected chi connectivity index (χ3v) is 6.32. The molecular formula is C23H24FN3O2. The normalized spacial score (nSPS) is 18.1. The Hall–Kier alpha value is -3.02. The molecule has 1 saturated heterocycles. The topological polar surface area (TPSA) is 48.6 Å². The van der Waals surface area contributed by atoms with Crippen molar-refractivity contribution in [3.8, 4) is 5.75 Å². The SMILES string of the molecule is COc1ccc2[nH]cc(C3(C(=O)N4CCN(c5ccc(F)cc5)CC4)CC3)c2c1. The Morgan fingerprint density at radius 2 is 1.79 bits per heavy atom. The number of nitrogens with one attached hydrogen (secondary N) is 1. The zero-order chi connectivity index (χ0) is 20.0. The van der Waals surface area contributed by atoms with Crippen LogP contribution in [-0.2, 0) is 10.2 Å². The second-order valence-corrected chi connectivity index (χ2v) is 7.95. The highest BCUT2D eigenvalue weighted by molar-refractivity contribution is 5.98. The summed E-state index contributed by atoms with van der Waals surface area (Å²) in [5.74, 6) is 0.795. The first kappa shape index (κ1) is 18.0. The number of halogens is 1. The number of aromatic nitrogens is 1. The van der Waals surface area contributed by atoms with E-state index in [4.69, 9.17) is 4.74 Å². The smallest absolute Gasteiger partial charge is 0.233 e. The quantitative estimate of drug-likeness (QED) is 0.735. The largest absolute Gasteiger partial charge is 0.497 e. The van der Waals surface area contributed by atoms with Gasteiger partial charge in [0.25, 0.3) is 0 Å². The molecule has 2 aliphatic rings. The molecule has 6 heteroatoms. The van der Waals surface area contributed by atoms with Gasteiger partial charge in [-0.1, -0.05) is 0 Å². The summed E-state index contributed by atoms with van der Waals surface area (Å²) in [6.07, 6.45) is 3.76.